The molecule has 4 heterocycles. The molecule has 1 spiro atoms. The number of nitrogens with zero attached hydrogens (tertiary/aromatic N) is 3. The molecule has 0 aliphatic carbocycles. The smallest absolute Gasteiger partial charge is 0.246 e. The van der Waals surface area contributed by atoms with Gasteiger partial charge < -0.3 is 15.1 Å². The molecule has 212 valence electrons. The molecule has 0 radical (unpaired) electrons. The minimum absolute atomic E-state index is 0.0297. The van der Waals surface area contributed by atoms with Gasteiger partial charge in [-0.3, -0.25) is 9.59 Å². The number of likely N-dealkylation sites (N-methyl/N-ethyl adjacent to an activating group) is 1. The van der Waals surface area contributed by atoms with E-state index in [0.29, 0.717) is 18.8 Å². The minimum atomic E-state index is -0.345. The van der Waals surface area contributed by atoms with Crippen LogP contribution in [0.3, 0.4) is 0 Å². The Morgan fingerprint density at radius 2 is 1.97 bits per heavy atom. The van der Waals surface area contributed by atoms with Gasteiger partial charge in [-0.25, -0.2) is 4.98 Å². The first-order valence-corrected chi connectivity index (χ1v) is 15.1. The van der Waals surface area contributed by atoms with Crippen molar-refractivity contribution < 1.29 is 9.59 Å². The van der Waals surface area contributed by atoms with Gasteiger partial charge in [0.25, 0.3) is 0 Å². The van der Waals surface area contributed by atoms with E-state index >= 15 is 0 Å². The van der Waals surface area contributed by atoms with Gasteiger partial charge in [-0.05, 0) is 114 Å². The lowest BCUT2D eigenvalue weighted by Crippen LogP contribution is -2.49. The van der Waals surface area contributed by atoms with Crippen molar-refractivity contribution in [3.05, 3.63) is 62.5 Å². The van der Waals surface area contributed by atoms with Gasteiger partial charge in [0.1, 0.15) is 5.82 Å². The minimum Gasteiger partial charge on any atom is -0.337 e. The summed E-state index contributed by atoms with van der Waals surface area (Å²) in [5.41, 5.74) is 4.36. The summed E-state index contributed by atoms with van der Waals surface area (Å²) >= 11 is 1.81. The SMILES string of the molecule is C/C=C\CCCc1c(C)sc(CN(C)C(=O)/C=C/c2cnc3c(c2)CC2(CCN(C)CC2)C(=O)N3)c1C.CC. The standard InChI is InChI=1S/C30H40N4O2S.C2H6/c1-6-7-8-9-10-25-21(2)26(37-22(25)3)20-34(5)27(35)12-11-23-17-24-18-30(13-15-33(4)16-14-30)29(36)32-28(24)31-19-23;1-2/h6-7,11-12,17,19H,8-10,13-16,18,20H2,1-5H3,(H,31,32,36);1-2H3/b7-6-,12-11+;. The normalized spacial score (nSPS) is 16.7. The first-order chi connectivity index (χ1) is 18.7. The Bertz CT molecular complexity index is 1200. The van der Waals surface area contributed by atoms with E-state index in [1.165, 1.54) is 20.9 Å². The molecule has 0 saturated carbocycles. The number of anilines is 1. The van der Waals surface area contributed by atoms with E-state index in [9.17, 15) is 9.59 Å². The van der Waals surface area contributed by atoms with Crippen LogP contribution in [0.15, 0.2) is 30.5 Å². The van der Waals surface area contributed by atoms with E-state index < -0.39 is 0 Å². The molecule has 2 aliphatic heterocycles. The number of hydrogen-bond donors (Lipinski definition) is 1. The van der Waals surface area contributed by atoms with Crippen LogP contribution >= 0.6 is 11.3 Å². The fourth-order valence-electron chi connectivity index (χ4n) is 5.42. The number of pyridine rings is 1. The molecule has 2 amide bonds. The molecule has 0 bridgehead atoms. The fourth-order valence-corrected chi connectivity index (χ4v) is 6.71. The highest BCUT2D eigenvalue weighted by Gasteiger charge is 2.44. The first kappa shape index (κ1) is 30.8. The number of piperidine rings is 1. The van der Waals surface area contributed by atoms with E-state index in [4.69, 9.17) is 0 Å². The Hall–Kier alpha value is -2.77. The van der Waals surface area contributed by atoms with Gasteiger partial charge in [0.2, 0.25) is 11.8 Å². The molecule has 1 saturated heterocycles. The summed E-state index contributed by atoms with van der Waals surface area (Å²) in [4.78, 5) is 36.9. The third-order valence-corrected chi connectivity index (χ3v) is 9.19. The number of hydrogen-bond acceptors (Lipinski definition) is 5. The molecular weight excluding hydrogens is 504 g/mol. The van der Waals surface area contributed by atoms with Crippen LogP contribution in [0, 0.1) is 19.3 Å². The maximum Gasteiger partial charge on any atom is 0.246 e. The topological polar surface area (TPSA) is 65.5 Å². The van der Waals surface area contributed by atoms with Crippen LogP contribution in [0.4, 0.5) is 5.82 Å². The Labute approximate surface area is 239 Å². The first-order valence-electron chi connectivity index (χ1n) is 14.3. The molecule has 39 heavy (non-hydrogen) atoms. The van der Waals surface area contributed by atoms with E-state index in [2.05, 4.69) is 61.2 Å². The molecule has 1 fully saturated rings. The Kier molecular flexibility index (Phi) is 11.1. The number of carbonyl (C=O) groups excluding carboxylic acids is 2. The fraction of sp³-hybridized carbons (Fsp3) is 0.531. The van der Waals surface area contributed by atoms with Crippen LogP contribution < -0.4 is 5.32 Å². The van der Waals surface area contributed by atoms with Crippen molar-refractivity contribution in [2.45, 2.75) is 79.7 Å². The number of unbranched alkanes of at least 4 members (excludes halogenated alkanes) is 1. The maximum absolute atomic E-state index is 12.9. The Morgan fingerprint density at radius 1 is 1.26 bits per heavy atom. The van der Waals surface area contributed by atoms with Crippen molar-refractivity contribution in [2.75, 3.05) is 32.5 Å². The highest BCUT2D eigenvalue weighted by molar-refractivity contribution is 7.12. The van der Waals surface area contributed by atoms with Crippen LogP contribution in [0.1, 0.15) is 78.5 Å². The second kappa shape index (κ2) is 14.0. The van der Waals surface area contributed by atoms with Crippen LogP contribution in [-0.2, 0) is 29.0 Å². The van der Waals surface area contributed by atoms with Crippen LogP contribution in [0.2, 0.25) is 0 Å². The second-order valence-corrected chi connectivity index (χ2v) is 12.0. The average Bonchev–Trinajstić information content (AvgIpc) is 3.20. The molecule has 0 unspecified atom stereocenters. The van der Waals surface area contributed by atoms with Crippen molar-refractivity contribution in [3.63, 3.8) is 0 Å². The third-order valence-electron chi connectivity index (χ3n) is 7.96. The number of nitrogens with one attached hydrogen (secondary N) is 1. The molecule has 4 rings (SSSR count). The van der Waals surface area contributed by atoms with Crippen LogP contribution in [-0.4, -0.2) is 53.8 Å². The summed E-state index contributed by atoms with van der Waals surface area (Å²) in [5, 5.41) is 3.03. The third kappa shape index (κ3) is 7.46. The molecule has 0 aromatic carbocycles. The average molecular weight is 551 g/mol. The van der Waals surface area contributed by atoms with Crippen molar-refractivity contribution in [2.24, 2.45) is 5.41 Å². The van der Waals surface area contributed by atoms with Crippen molar-refractivity contribution in [1.82, 2.24) is 14.8 Å². The molecule has 2 aromatic heterocycles. The zero-order chi connectivity index (χ0) is 28.6. The molecule has 0 atom stereocenters. The van der Waals surface area contributed by atoms with Crippen LogP contribution in [0.25, 0.3) is 6.08 Å². The summed E-state index contributed by atoms with van der Waals surface area (Å²) in [6.45, 7) is 12.9. The predicted octanol–water partition coefficient (Wildman–Crippen LogP) is 6.56. The zero-order valence-corrected chi connectivity index (χ0v) is 25.7. The van der Waals surface area contributed by atoms with Crippen molar-refractivity contribution in [3.8, 4) is 0 Å². The molecule has 6 nitrogen and oxygen atoms in total. The van der Waals surface area contributed by atoms with Crippen molar-refractivity contribution in [1.29, 1.82) is 0 Å². The van der Waals surface area contributed by atoms with E-state index in [1.807, 2.05) is 38.3 Å². The van der Waals surface area contributed by atoms with Crippen LogP contribution in [0.5, 0.6) is 0 Å². The maximum atomic E-state index is 12.9. The number of likely N-dealkylation sites (tertiary alicyclic amines) is 1. The van der Waals surface area contributed by atoms with Gasteiger partial charge in [0.05, 0.1) is 12.0 Å². The molecule has 2 aromatic rings. The molecular formula is C32H46N4O2S. The molecule has 7 heteroatoms. The lowest BCUT2D eigenvalue weighted by molar-refractivity contribution is -0.128. The van der Waals surface area contributed by atoms with Gasteiger partial charge in [-0.15, -0.1) is 11.3 Å². The molecule has 2 aliphatic rings. The predicted molar refractivity (Wildman–Crippen MR) is 164 cm³/mol. The Morgan fingerprint density at radius 3 is 2.67 bits per heavy atom. The number of carbonyl (C=O) groups is 2. The largest absolute Gasteiger partial charge is 0.337 e. The highest BCUT2D eigenvalue weighted by Crippen LogP contribution is 2.41. The number of aryl methyl sites for hydroxylation is 1. The number of amides is 2. The number of fused-ring (bicyclic) bond motifs is 1. The van der Waals surface area contributed by atoms with Gasteiger partial charge in [-0.1, -0.05) is 26.0 Å². The summed E-state index contributed by atoms with van der Waals surface area (Å²) in [7, 11) is 3.96. The van der Waals surface area contributed by atoms with Crippen molar-refractivity contribution >= 4 is 35.0 Å². The Balaban J connectivity index is 0.00000205. The van der Waals surface area contributed by atoms with E-state index in [1.54, 1.807) is 17.2 Å². The van der Waals surface area contributed by atoms with Gasteiger partial charge in [0, 0.05) is 29.1 Å². The van der Waals surface area contributed by atoms with E-state index in [-0.39, 0.29) is 17.2 Å². The molecule has 1 N–H and O–H groups in total. The number of allylic oxidation sites excluding steroid dienone is 2. The summed E-state index contributed by atoms with van der Waals surface area (Å²) in [6, 6.07) is 2.07. The van der Waals surface area contributed by atoms with Gasteiger partial charge in [0.15, 0.2) is 0 Å². The lowest BCUT2D eigenvalue weighted by Gasteiger charge is -2.42. The van der Waals surface area contributed by atoms with E-state index in [0.717, 1.165) is 56.3 Å². The quantitative estimate of drug-likeness (QED) is 0.230. The number of thiophene rings is 1. The number of aromatic nitrogens is 1. The van der Waals surface area contributed by atoms with Gasteiger partial charge in [-0.2, -0.15) is 0 Å². The van der Waals surface area contributed by atoms with Gasteiger partial charge >= 0.3 is 0 Å². The second-order valence-electron chi connectivity index (χ2n) is 10.7. The number of rotatable bonds is 8. The summed E-state index contributed by atoms with van der Waals surface area (Å²) < 4.78 is 0. The summed E-state index contributed by atoms with van der Waals surface area (Å²) in [6.07, 6.45) is 15.3. The zero-order valence-electron chi connectivity index (χ0n) is 24.9. The highest BCUT2D eigenvalue weighted by atomic mass is 32.1. The monoisotopic (exact) mass is 550 g/mol. The lowest BCUT2D eigenvalue weighted by atomic mass is 9.71. The summed E-state index contributed by atoms with van der Waals surface area (Å²) in [5.74, 6) is 0.721.